The highest BCUT2D eigenvalue weighted by Gasteiger charge is 2.29. The van der Waals surface area contributed by atoms with Gasteiger partial charge in [0.25, 0.3) is 0 Å². The molecule has 5 rings (SSSR count). The van der Waals surface area contributed by atoms with Gasteiger partial charge >= 0.3 is 6.03 Å². The van der Waals surface area contributed by atoms with Gasteiger partial charge in [-0.25, -0.2) is 14.8 Å². The molecule has 3 aromatic heterocycles. The first-order valence-corrected chi connectivity index (χ1v) is 10.5. The van der Waals surface area contributed by atoms with Crippen molar-refractivity contribution < 1.29 is 9.21 Å². The molecule has 2 N–H and O–H groups in total. The number of amides is 2. The number of furan rings is 1. The summed E-state index contributed by atoms with van der Waals surface area (Å²) in [6, 6.07) is 8.16. The second-order valence-electron chi connectivity index (χ2n) is 8.39. The maximum Gasteiger partial charge on any atom is 0.319 e. The Kier molecular flexibility index (Phi) is 4.57. The van der Waals surface area contributed by atoms with Gasteiger partial charge < -0.3 is 20.0 Å². The molecule has 160 valence electrons. The lowest BCUT2D eigenvalue weighted by Crippen LogP contribution is -2.43. The van der Waals surface area contributed by atoms with Crippen molar-refractivity contribution in [3.63, 3.8) is 0 Å². The van der Waals surface area contributed by atoms with Gasteiger partial charge in [0.05, 0.1) is 0 Å². The number of urea groups is 1. The van der Waals surface area contributed by atoms with Crippen LogP contribution in [0.4, 0.5) is 10.6 Å². The van der Waals surface area contributed by atoms with E-state index in [1.54, 1.807) is 25.2 Å². The van der Waals surface area contributed by atoms with E-state index < -0.39 is 0 Å². The van der Waals surface area contributed by atoms with E-state index >= 15 is 0 Å². The van der Waals surface area contributed by atoms with Crippen LogP contribution >= 0.6 is 0 Å². The SMILES string of the molecule is Cc1cccc2cc(-c3nc(C4CCN(C(=O)N(C)C)CC4)n4ccnc(N)c34)oc12. The van der Waals surface area contributed by atoms with Crippen molar-refractivity contribution in [2.45, 2.75) is 25.7 Å². The smallest absolute Gasteiger partial charge is 0.319 e. The van der Waals surface area contributed by atoms with Gasteiger partial charge in [0.2, 0.25) is 0 Å². The monoisotopic (exact) mass is 418 g/mol. The lowest BCUT2D eigenvalue weighted by atomic mass is 9.96. The summed E-state index contributed by atoms with van der Waals surface area (Å²) >= 11 is 0. The lowest BCUT2D eigenvalue weighted by molar-refractivity contribution is 0.155. The zero-order valence-corrected chi connectivity index (χ0v) is 18.0. The fraction of sp³-hybridized carbons (Fsp3) is 0.348. The molecular weight excluding hydrogens is 392 g/mol. The highest BCUT2D eigenvalue weighted by Crippen LogP contribution is 2.37. The first-order valence-electron chi connectivity index (χ1n) is 10.5. The number of piperidine rings is 1. The molecule has 0 aliphatic carbocycles. The maximum absolute atomic E-state index is 12.3. The van der Waals surface area contributed by atoms with E-state index in [0.29, 0.717) is 30.4 Å². The Hall–Kier alpha value is -3.55. The quantitative estimate of drug-likeness (QED) is 0.533. The molecule has 0 bridgehead atoms. The number of hydrogen-bond donors (Lipinski definition) is 1. The van der Waals surface area contributed by atoms with E-state index in [4.69, 9.17) is 15.1 Å². The number of hydrogen-bond acceptors (Lipinski definition) is 5. The summed E-state index contributed by atoms with van der Waals surface area (Å²) in [6.07, 6.45) is 5.30. The van der Waals surface area contributed by atoms with Crippen LogP contribution in [0.15, 0.2) is 41.1 Å². The van der Waals surface area contributed by atoms with E-state index in [1.165, 1.54) is 0 Å². The number of anilines is 1. The van der Waals surface area contributed by atoms with Crippen molar-refractivity contribution in [3.8, 4) is 11.5 Å². The molecule has 0 unspecified atom stereocenters. The average molecular weight is 419 g/mol. The summed E-state index contributed by atoms with van der Waals surface area (Å²) in [4.78, 5) is 25.1. The van der Waals surface area contributed by atoms with Crippen LogP contribution < -0.4 is 5.73 Å². The third kappa shape index (κ3) is 3.19. The number of carbonyl (C=O) groups is 1. The number of para-hydroxylation sites is 1. The number of aromatic nitrogens is 3. The van der Waals surface area contributed by atoms with Crippen molar-refractivity contribution in [2.24, 2.45) is 0 Å². The molecule has 4 aromatic rings. The van der Waals surface area contributed by atoms with Crippen LogP contribution in [0.25, 0.3) is 27.9 Å². The number of nitrogen functional groups attached to an aromatic ring is 1. The molecule has 1 aromatic carbocycles. The van der Waals surface area contributed by atoms with Crippen molar-refractivity contribution in [1.29, 1.82) is 0 Å². The van der Waals surface area contributed by atoms with E-state index in [0.717, 1.165) is 40.7 Å². The van der Waals surface area contributed by atoms with Crippen LogP contribution in [-0.4, -0.2) is 57.4 Å². The number of nitrogens with two attached hydrogens (primary N) is 1. The topological polar surface area (TPSA) is 92.9 Å². The lowest BCUT2D eigenvalue weighted by Gasteiger charge is -2.33. The van der Waals surface area contributed by atoms with Crippen LogP contribution in [-0.2, 0) is 0 Å². The second kappa shape index (κ2) is 7.30. The number of rotatable bonds is 2. The Morgan fingerprint density at radius 1 is 1.26 bits per heavy atom. The molecule has 0 radical (unpaired) electrons. The zero-order valence-electron chi connectivity index (χ0n) is 18.0. The number of aryl methyl sites for hydroxylation is 1. The summed E-state index contributed by atoms with van der Waals surface area (Å²) in [5.74, 6) is 2.27. The Balaban J connectivity index is 1.56. The van der Waals surface area contributed by atoms with Gasteiger partial charge in [-0.2, -0.15) is 0 Å². The van der Waals surface area contributed by atoms with Crippen LogP contribution in [0.3, 0.4) is 0 Å². The molecule has 8 heteroatoms. The minimum Gasteiger partial charge on any atom is -0.454 e. The Bertz CT molecular complexity index is 1280. The Morgan fingerprint density at radius 3 is 2.74 bits per heavy atom. The van der Waals surface area contributed by atoms with Crippen molar-refractivity contribution in [1.82, 2.24) is 24.2 Å². The van der Waals surface area contributed by atoms with Gasteiger partial charge in [-0.15, -0.1) is 0 Å². The number of imidazole rings is 1. The summed E-state index contributed by atoms with van der Waals surface area (Å²) in [6.45, 7) is 3.44. The molecule has 8 nitrogen and oxygen atoms in total. The minimum absolute atomic E-state index is 0.0539. The fourth-order valence-corrected chi connectivity index (χ4v) is 4.48. The highest BCUT2D eigenvalue weighted by atomic mass is 16.3. The molecule has 0 atom stereocenters. The van der Waals surface area contributed by atoms with E-state index in [9.17, 15) is 4.79 Å². The minimum atomic E-state index is 0.0539. The van der Waals surface area contributed by atoms with Gasteiger partial charge in [0.1, 0.15) is 28.4 Å². The molecule has 1 aliphatic heterocycles. The fourth-order valence-electron chi connectivity index (χ4n) is 4.48. The van der Waals surface area contributed by atoms with E-state index in [-0.39, 0.29) is 11.9 Å². The van der Waals surface area contributed by atoms with Crippen molar-refractivity contribution in [3.05, 3.63) is 48.0 Å². The number of carbonyl (C=O) groups excluding carboxylic acids is 1. The molecule has 0 spiro atoms. The largest absolute Gasteiger partial charge is 0.454 e. The van der Waals surface area contributed by atoms with Crippen LogP contribution in [0, 0.1) is 6.92 Å². The molecule has 4 heterocycles. The van der Waals surface area contributed by atoms with Gasteiger partial charge in [0.15, 0.2) is 5.76 Å². The zero-order chi connectivity index (χ0) is 21.7. The first kappa shape index (κ1) is 19.4. The van der Waals surface area contributed by atoms with Gasteiger partial charge in [-0.05, 0) is 31.4 Å². The molecule has 2 amide bonds. The highest BCUT2D eigenvalue weighted by molar-refractivity contribution is 5.90. The molecule has 1 aliphatic rings. The number of benzene rings is 1. The molecule has 31 heavy (non-hydrogen) atoms. The Labute approximate surface area is 180 Å². The van der Waals surface area contributed by atoms with Crippen molar-refractivity contribution >= 4 is 28.3 Å². The van der Waals surface area contributed by atoms with Crippen LogP contribution in [0.5, 0.6) is 0 Å². The normalized spacial score (nSPS) is 15.1. The predicted octanol–water partition coefficient (Wildman–Crippen LogP) is 3.89. The molecular formula is C23H26N6O2. The molecule has 1 saturated heterocycles. The standard InChI is InChI=1S/C23H26N6O2/c1-14-5-4-6-16-13-17(31-20(14)16)18-19-21(24)25-9-12-29(19)22(26-18)15-7-10-28(11-8-15)23(30)27(2)3/h4-6,9,12-13,15H,7-8,10-11H2,1-3H3,(H2,24,25). The summed E-state index contributed by atoms with van der Waals surface area (Å²) < 4.78 is 8.24. The number of fused-ring (bicyclic) bond motifs is 2. The van der Waals surface area contributed by atoms with E-state index in [1.807, 2.05) is 46.7 Å². The van der Waals surface area contributed by atoms with Gasteiger partial charge in [-0.3, -0.25) is 4.40 Å². The molecule has 0 saturated carbocycles. The predicted molar refractivity (Wildman–Crippen MR) is 120 cm³/mol. The average Bonchev–Trinajstić information content (AvgIpc) is 3.37. The molecule has 1 fully saturated rings. The number of likely N-dealkylation sites (tertiary alicyclic amines) is 1. The Morgan fingerprint density at radius 2 is 2.03 bits per heavy atom. The van der Waals surface area contributed by atoms with Crippen LogP contribution in [0.2, 0.25) is 0 Å². The maximum atomic E-state index is 12.3. The third-order valence-corrected chi connectivity index (χ3v) is 6.10. The van der Waals surface area contributed by atoms with Gasteiger partial charge in [-0.1, -0.05) is 18.2 Å². The second-order valence-corrected chi connectivity index (χ2v) is 8.39. The van der Waals surface area contributed by atoms with Crippen LogP contribution in [0.1, 0.15) is 30.1 Å². The van der Waals surface area contributed by atoms with Gasteiger partial charge in [0, 0.05) is 50.9 Å². The summed E-state index contributed by atoms with van der Waals surface area (Å²) in [5, 5.41) is 1.04. The first-order chi connectivity index (χ1) is 14.9. The van der Waals surface area contributed by atoms with E-state index in [2.05, 4.69) is 4.98 Å². The number of nitrogens with zero attached hydrogens (tertiary/aromatic N) is 5. The summed E-state index contributed by atoms with van der Waals surface area (Å²) in [7, 11) is 3.57. The summed E-state index contributed by atoms with van der Waals surface area (Å²) in [5.41, 5.74) is 9.70. The van der Waals surface area contributed by atoms with Crippen molar-refractivity contribution in [2.75, 3.05) is 32.9 Å². The third-order valence-electron chi connectivity index (χ3n) is 6.10.